The molecule has 2 aromatic rings. The first kappa shape index (κ1) is 17.4. The number of nitrogens with zero attached hydrogens (tertiary/aromatic N) is 2. The number of carbonyl (C=O) groups excluding carboxylic acids is 1. The third-order valence-electron chi connectivity index (χ3n) is 6.76. The number of amides is 1. The first-order chi connectivity index (χ1) is 13.2. The van der Waals surface area contributed by atoms with Gasteiger partial charge >= 0.3 is 0 Å². The minimum absolute atomic E-state index is 0.0648. The number of thioether (sulfide) groups is 1. The van der Waals surface area contributed by atoms with Crippen molar-refractivity contribution in [3.63, 3.8) is 0 Å². The van der Waals surface area contributed by atoms with E-state index in [-0.39, 0.29) is 5.91 Å². The van der Waals surface area contributed by atoms with Crippen molar-refractivity contribution in [1.82, 2.24) is 14.9 Å². The highest BCUT2D eigenvalue weighted by Crippen LogP contribution is 2.53. The van der Waals surface area contributed by atoms with Crippen molar-refractivity contribution in [2.75, 3.05) is 5.75 Å². The number of hydrogen-bond donors (Lipinski definition) is 1. The normalized spacial score (nSPS) is 31.2. The number of hydrogen-bond acceptors (Lipinski definition) is 3. The lowest BCUT2D eigenvalue weighted by molar-refractivity contribution is -0.0120. The summed E-state index contributed by atoms with van der Waals surface area (Å²) in [5.74, 6) is 5.07. The summed E-state index contributed by atoms with van der Waals surface area (Å²) in [4.78, 5) is 17.9. The van der Waals surface area contributed by atoms with Crippen LogP contribution in [0.2, 0.25) is 0 Å². The van der Waals surface area contributed by atoms with Crippen molar-refractivity contribution < 1.29 is 4.79 Å². The predicted molar refractivity (Wildman–Crippen MR) is 108 cm³/mol. The number of carbonyl (C=O) groups is 1. The summed E-state index contributed by atoms with van der Waals surface area (Å²) in [6.07, 6.45) is 10.7. The molecule has 2 aromatic heterocycles. The van der Waals surface area contributed by atoms with Crippen LogP contribution in [0.15, 0.2) is 41.7 Å². The number of aromatic nitrogens is 2. The highest BCUT2D eigenvalue weighted by Gasteiger charge is 2.48. The van der Waals surface area contributed by atoms with E-state index in [2.05, 4.69) is 12.2 Å². The maximum Gasteiger partial charge on any atom is 0.254 e. The molecule has 6 rings (SSSR count). The Balaban J connectivity index is 1.38. The highest BCUT2D eigenvalue weighted by atomic mass is 32.2. The van der Waals surface area contributed by atoms with E-state index in [4.69, 9.17) is 4.98 Å². The molecule has 4 fully saturated rings. The Labute approximate surface area is 165 Å². The number of rotatable bonds is 5. The summed E-state index contributed by atoms with van der Waals surface area (Å²) in [7, 11) is 0. The molecule has 4 bridgehead atoms. The van der Waals surface area contributed by atoms with Crippen LogP contribution in [0.5, 0.6) is 0 Å². The monoisotopic (exact) mass is 381 g/mol. The number of pyridine rings is 1. The van der Waals surface area contributed by atoms with Crippen molar-refractivity contribution in [2.24, 2.45) is 23.7 Å². The second-order valence-electron chi connectivity index (χ2n) is 8.48. The molecule has 1 amide bonds. The fourth-order valence-corrected chi connectivity index (χ4v) is 6.62. The first-order valence-electron chi connectivity index (χ1n) is 10.3. The maximum atomic E-state index is 13.2. The fraction of sp³-hybridized carbons (Fsp3) is 0.545. The molecule has 4 nitrogen and oxygen atoms in total. The Bertz CT molecular complexity index is 804. The van der Waals surface area contributed by atoms with Gasteiger partial charge in [0.2, 0.25) is 0 Å². The molecule has 0 spiro atoms. The lowest BCUT2D eigenvalue weighted by Gasteiger charge is -2.54. The van der Waals surface area contributed by atoms with E-state index in [9.17, 15) is 4.79 Å². The molecular formula is C22H27N3OS. The molecule has 27 heavy (non-hydrogen) atoms. The largest absolute Gasteiger partial charge is 0.349 e. The summed E-state index contributed by atoms with van der Waals surface area (Å²) in [6.45, 7) is 2.11. The lowest BCUT2D eigenvalue weighted by Crippen LogP contribution is -2.55. The maximum absolute atomic E-state index is 13.2. The lowest BCUT2D eigenvalue weighted by atomic mass is 9.54. The summed E-state index contributed by atoms with van der Waals surface area (Å²) in [6, 6.07) is 8.24. The van der Waals surface area contributed by atoms with E-state index >= 15 is 0 Å². The van der Waals surface area contributed by atoms with Crippen molar-refractivity contribution in [2.45, 2.75) is 50.1 Å². The molecule has 0 saturated heterocycles. The fourth-order valence-electron chi connectivity index (χ4n) is 5.87. The second kappa shape index (κ2) is 7.01. The van der Waals surface area contributed by atoms with Crippen molar-refractivity contribution in [1.29, 1.82) is 0 Å². The molecule has 0 aliphatic heterocycles. The Morgan fingerprint density at radius 2 is 1.78 bits per heavy atom. The van der Waals surface area contributed by atoms with Crippen LogP contribution in [0.25, 0.3) is 5.82 Å². The standard InChI is InChI=1S/C22H27N3OS/c1-2-27-22-18(5-6-19(23-22)25-7-3-4-8-25)21(26)24-20-16-10-14-9-15(12-16)13-17(20)11-14/h3-8,14-17,20H,2,9-13H2,1H3,(H,24,26). The third kappa shape index (κ3) is 3.20. The molecular weight excluding hydrogens is 354 g/mol. The zero-order valence-corrected chi connectivity index (χ0v) is 16.6. The van der Waals surface area contributed by atoms with E-state index in [1.807, 2.05) is 41.2 Å². The minimum atomic E-state index is 0.0648. The van der Waals surface area contributed by atoms with Gasteiger partial charge in [-0.1, -0.05) is 6.92 Å². The molecule has 0 atom stereocenters. The van der Waals surface area contributed by atoms with Gasteiger partial charge in [-0.15, -0.1) is 11.8 Å². The molecule has 0 unspecified atom stereocenters. The van der Waals surface area contributed by atoms with Gasteiger partial charge in [0.05, 0.1) is 5.56 Å². The molecule has 4 saturated carbocycles. The zero-order valence-electron chi connectivity index (χ0n) is 15.8. The SMILES string of the molecule is CCSc1nc(-n2cccc2)ccc1C(=O)NC1C2CC3CC(C2)CC1C3. The van der Waals surface area contributed by atoms with E-state index in [1.54, 1.807) is 11.8 Å². The van der Waals surface area contributed by atoms with Gasteiger partial charge in [0.25, 0.3) is 5.91 Å². The molecule has 4 aliphatic rings. The summed E-state index contributed by atoms with van der Waals surface area (Å²) in [5.41, 5.74) is 0.728. The van der Waals surface area contributed by atoms with E-state index in [0.29, 0.717) is 17.9 Å². The van der Waals surface area contributed by atoms with Crippen molar-refractivity contribution in [3.8, 4) is 5.82 Å². The van der Waals surface area contributed by atoms with E-state index in [1.165, 1.54) is 32.1 Å². The Morgan fingerprint density at radius 1 is 1.11 bits per heavy atom. The van der Waals surface area contributed by atoms with Crippen LogP contribution in [0.3, 0.4) is 0 Å². The Morgan fingerprint density at radius 3 is 2.41 bits per heavy atom. The van der Waals surface area contributed by atoms with Crippen LogP contribution in [-0.4, -0.2) is 27.3 Å². The average molecular weight is 382 g/mol. The molecule has 0 radical (unpaired) electrons. The average Bonchev–Trinajstić information content (AvgIpc) is 3.19. The second-order valence-corrected chi connectivity index (χ2v) is 9.73. The smallest absolute Gasteiger partial charge is 0.254 e. The van der Waals surface area contributed by atoms with Crippen LogP contribution in [0.4, 0.5) is 0 Å². The van der Waals surface area contributed by atoms with Gasteiger partial charge in [-0.25, -0.2) is 4.98 Å². The van der Waals surface area contributed by atoms with Gasteiger partial charge in [0.15, 0.2) is 0 Å². The summed E-state index contributed by atoms with van der Waals surface area (Å²) in [5, 5.41) is 4.27. The quantitative estimate of drug-likeness (QED) is 0.774. The van der Waals surface area contributed by atoms with Crippen LogP contribution in [0, 0.1) is 23.7 Å². The van der Waals surface area contributed by atoms with Gasteiger partial charge in [0, 0.05) is 18.4 Å². The Kier molecular flexibility index (Phi) is 4.50. The molecule has 5 heteroatoms. The van der Waals surface area contributed by atoms with Crippen molar-refractivity contribution in [3.05, 3.63) is 42.2 Å². The van der Waals surface area contributed by atoms with Gasteiger partial charge < -0.3 is 9.88 Å². The van der Waals surface area contributed by atoms with Gasteiger partial charge in [-0.3, -0.25) is 4.79 Å². The zero-order chi connectivity index (χ0) is 18.4. The van der Waals surface area contributed by atoms with Crippen LogP contribution in [0.1, 0.15) is 49.4 Å². The molecule has 4 aliphatic carbocycles. The summed E-state index contributed by atoms with van der Waals surface area (Å²) < 4.78 is 1.99. The van der Waals surface area contributed by atoms with Gasteiger partial charge in [-0.2, -0.15) is 0 Å². The highest BCUT2D eigenvalue weighted by molar-refractivity contribution is 7.99. The molecule has 142 valence electrons. The van der Waals surface area contributed by atoms with E-state index in [0.717, 1.165) is 34.0 Å². The van der Waals surface area contributed by atoms with Crippen LogP contribution >= 0.6 is 11.8 Å². The first-order valence-corrected chi connectivity index (χ1v) is 11.3. The third-order valence-corrected chi connectivity index (χ3v) is 7.64. The van der Waals surface area contributed by atoms with Crippen LogP contribution < -0.4 is 5.32 Å². The van der Waals surface area contributed by atoms with E-state index < -0.39 is 0 Å². The van der Waals surface area contributed by atoms with Crippen molar-refractivity contribution >= 4 is 17.7 Å². The minimum Gasteiger partial charge on any atom is -0.349 e. The Hall–Kier alpha value is -1.75. The van der Waals surface area contributed by atoms with Gasteiger partial charge in [0.1, 0.15) is 10.8 Å². The summed E-state index contributed by atoms with van der Waals surface area (Å²) >= 11 is 1.65. The molecule has 1 N–H and O–H groups in total. The number of nitrogens with one attached hydrogen (secondary N) is 1. The predicted octanol–water partition coefficient (Wildman–Crippen LogP) is 4.54. The van der Waals surface area contributed by atoms with Gasteiger partial charge in [-0.05, 0) is 85.8 Å². The molecule has 0 aromatic carbocycles. The molecule has 2 heterocycles. The van der Waals surface area contributed by atoms with Crippen LogP contribution in [-0.2, 0) is 0 Å². The topological polar surface area (TPSA) is 46.9 Å².